The maximum atomic E-state index is 13.3. The number of benzene rings is 1. The zero-order valence-corrected chi connectivity index (χ0v) is 8.82. The van der Waals surface area contributed by atoms with Gasteiger partial charge in [0.25, 0.3) is 0 Å². The van der Waals surface area contributed by atoms with E-state index in [1.807, 2.05) is 0 Å². The summed E-state index contributed by atoms with van der Waals surface area (Å²) in [6, 6.07) is 3.51. The van der Waals surface area contributed by atoms with Crippen molar-refractivity contribution in [3.8, 4) is 0 Å². The van der Waals surface area contributed by atoms with Gasteiger partial charge in [0.1, 0.15) is 11.6 Å². The van der Waals surface area contributed by atoms with Crippen LogP contribution >= 0.6 is 12.4 Å². The summed E-state index contributed by atoms with van der Waals surface area (Å²) in [5.74, 6) is -1.04. The van der Waals surface area contributed by atoms with Gasteiger partial charge in [-0.1, -0.05) is 6.07 Å². The molecule has 0 bridgehead atoms. The van der Waals surface area contributed by atoms with Crippen molar-refractivity contribution in [2.75, 3.05) is 19.8 Å². The van der Waals surface area contributed by atoms with Gasteiger partial charge in [-0.05, 0) is 12.1 Å². The normalized spacial score (nSPS) is 20.8. The largest absolute Gasteiger partial charge is 0.378 e. The van der Waals surface area contributed by atoms with E-state index in [0.29, 0.717) is 19.8 Å². The fourth-order valence-electron chi connectivity index (χ4n) is 1.59. The summed E-state index contributed by atoms with van der Waals surface area (Å²) in [6.45, 7) is 1.53. The van der Waals surface area contributed by atoms with Crippen molar-refractivity contribution in [2.24, 2.45) is 0 Å². The standard InChI is InChI=1S/C10H11F2NO.ClH/c11-7-2-1-3-8(12)10(7)9-6-14-5-4-13-9;/h1-3,9,13H,4-6H2;1H/t9-;/m0./s1. The van der Waals surface area contributed by atoms with Crippen LogP contribution in [-0.4, -0.2) is 19.8 Å². The van der Waals surface area contributed by atoms with Crippen LogP contribution in [0.1, 0.15) is 11.6 Å². The van der Waals surface area contributed by atoms with Gasteiger partial charge in [0.2, 0.25) is 0 Å². The van der Waals surface area contributed by atoms with E-state index in [-0.39, 0.29) is 24.0 Å². The lowest BCUT2D eigenvalue weighted by molar-refractivity contribution is 0.0745. The topological polar surface area (TPSA) is 21.3 Å². The summed E-state index contributed by atoms with van der Waals surface area (Å²) < 4.78 is 31.7. The summed E-state index contributed by atoms with van der Waals surface area (Å²) in [6.07, 6.45) is 0. The maximum absolute atomic E-state index is 13.3. The number of hydrogen-bond acceptors (Lipinski definition) is 2. The first-order valence-electron chi connectivity index (χ1n) is 4.54. The lowest BCUT2D eigenvalue weighted by Crippen LogP contribution is -2.35. The molecule has 0 radical (unpaired) electrons. The van der Waals surface area contributed by atoms with Gasteiger partial charge < -0.3 is 10.1 Å². The van der Waals surface area contributed by atoms with E-state index in [9.17, 15) is 8.78 Å². The van der Waals surface area contributed by atoms with Crippen LogP contribution in [0.4, 0.5) is 8.78 Å². The molecular formula is C10H12ClF2NO. The molecule has 1 fully saturated rings. The third kappa shape index (κ3) is 2.65. The number of hydrogen-bond donors (Lipinski definition) is 1. The molecule has 1 aromatic carbocycles. The molecule has 0 aromatic heterocycles. The first-order valence-corrected chi connectivity index (χ1v) is 4.54. The number of nitrogens with one attached hydrogen (secondary N) is 1. The Kier molecular flexibility index (Phi) is 4.45. The maximum Gasteiger partial charge on any atom is 0.131 e. The van der Waals surface area contributed by atoms with Crippen LogP contribution in [0, 0.1) is 11.6 Å². The van der Waals surface area contributed by atoms with Crippen LogP contribution in [0.15, 0.2) is 18.2 Å². The highest BCUT2D eigenvalue weighted by Gasteiger charge is 2.21. The van der Waals surface area contributed by atoms with E-state index < -0.39 is 11.6 Å². The number of morpholine rings is 1. The van der Waals surface area contributed by atoms with E-state index in [1.165, 1.54) is 18.2 Å². The van der Waals surface area contributed by atoms with Gasteiger partial charge in [0.15, 0.2) is 0 Å². The van der Waals surface area contributed by atoms with Crippen molar-refractivity contribution in [2.45, 2.75) is 6.04 Å². The van der Waals surface area contributed by atoms with E-state index >= 15 is 0 Å². The third-order valence-corrected chi connectivity index (χ3v) is 2.27. The molecular weight excluding hydrogens is 224 g/mol. The van der Waals surface area contributed by atoms with Crippen molar-refractivity contribution in [1.29, 1.82) is 0 Å². The minimum atomic E-state index is -0.520. The molecule has 15 heavy (non-hydrogen) atoms. The van der Waals surface area contributed by atoms with E-state index in [1.54, 1.807) is 0 Å². The van der Waals surface area contributed by atoms with Crippen LogP contribution < -0.4 is 5.32 Å². The van der Waals surface area contributed by atoms with Gasteiger partial charge in [-0.2, -0.15) is 0 Å². The number of halogens is 3. The molecule has 1 aliphatic heterocycles. The molecule has 84 valence electrons. The fraction of sp³-hybridized carbons (Fsp3) is 0.400. The Labute approximate surface area is 93.0 Å². The predicted octanol–water partition coefficient (Wildman–Crippen LogP) is 2.05. The minimum Gasteiger partial charge on any atom is -0.378 e. The SMILES string of the molecule is Cl.Fc1cccc(F)c1[C@@H]1COCCN1. The quantitative estimate of drug-likeness (QED) is 0.805. The van der Waals surface area contributed by atoms with E-state index in [2.05, 4.69) is 5.32 Å². The van der Waals surface area contributed by atoms with Crippen LogP contribution in [0.5, 0.6) is 0 Å². The molecule has 1 atom stereocenters. The molecule has 1 N–H and O–H groups in total. The minimum absolute atomic E-state index is 0. The molecule has 0 aliphatic carbocycles. The fourth-order valence-corrected chi connectivity index (χ4v) is 1.59. The highest BCUT2D eigenvalue weighted by molar-refractivity contribution is 5.85. The van der Waals surface area contributed by atoms with Crippen molar-refractivity contribution in [1.82, 2.24) is 5.32 Å². The van der Waals surface area contributed by atoms with Gasteiger partial charge in [0, 0.05) is 12.1 Å². The van der Waals surface area contributed by atoms with Crippen LogP contribution in [0.25, 0.3) is 0 Å². The first kappa shape index (κ1) is 12.4. The summed E-state index contributed by atoms with van der Waals surface area (Å²) >= 11 is 0. The summed E-state index contributed by atoms with van der Waals surface area (Å²) in [5, 5.41) is 3.01. The first-order chi connectivity index (χ1) is 6.79. The van der Waals surface area contributed by atoms with Crippen molar-refractivity contribution >= 4 is 12.4 Å². The predicted molar refractivity (Wildman–Crippen MR) is 55.2 cm³/mol. The van der Waals surface area contributed by atoms with Gasteiger partial charge in [-0.3, -0.25) is 0 Å². The van der Waals surface area contributed by atoms with Crippen molar-refractivity contribution in [3.05, 3.63) is 35.4 Å². The van der Waals surface area contributed by atoms with Gasteiger partial charge >= 0.3 is 0 Å². The molecule has 1 aromatic rings. The lowest BCUT2D eigenvalue weighted by atomic mass is 10.1. The van der Waals surface area contributed by atoms with Gasteiger partial charge in [-0.25, -0.2) is 8.78 Å². The number of ether oxygens (including phenoxy) is 1. The molecule has 0 saturated carbocycles. The molecule has 1 heterocycles. The summed E-state index contributed by atoms with van der Waals surface area (Å²) in [4.78, 5) is 0. The highest BCUT2D eigenvalue weighted by atomic mass is 35.5. The Bertz CT molecular complexity index is 309. The zero-order chi connectivity index (χ0) is 9.97. The van der Waals surface area contributed by atoms with Gasteiger partial charge in [-0.15, -0.1) is 12.4 Å². The van der Waals surface area contributed by atoms with E-state index in [4.69, 9.17) is 4.74 Å². The summed E-state index contributed by atoms with van der Waals surface area (Å²) in [7, 11) is 0. The van der Waals surface area contributed by atoms with Crippen molar-refractivity contribution < 1.29 is 13.5 Å². The number of rotatable bonds is 1. The molecule has 2 rings (SSSR count). The van der Waals surface area contributed by atoms with Crippen LogP contribution in [0.3, 0.4) is 0 Å². The molecule has 1 aliphatic rings. The molecule has 0 unspecified atom stereocenters. The molecule has 0 amide bonds. The molecule has 5 heteroatoms. The third-order valence-electron chi connectivity index (χ3n) is 2.27. The second-order valence-corrected chi connectivity index (χ2v) is 3.22. The Balaban J connectivity index is 0.00000112. The molecule has 1 saturated heterocycles. The van der Waals surface area contributed by atoms with Crippen LogP contribution in [-0.2, 0) is 4.74 Å². The highest BCUT2D eigenvalue weighted by Crippen LogP contribution is 2.22. The average molecular weight is 236 g/mol. The van der Waals surface area contributed by atoms with Gasteiger partial charge in [0.05, 0.1) is 19.3 Å². The Morgan fingerprint density at radius 3 is 2.47 bits per heavy atom. The Morgan fingerprint density at radius 1 is 1.27 bits per heavy atom. The monoisotopic (exact) mass is 235 g/mol. The van der Waals surface area contributed by atoms with Crippen LogP contribution in [0.2, 0.25) is 0 Å². The van der Waals surface area contributed by atoms with Crippen molar-refractivity contribution in [3.63, 3.8) is 0 Å². The lowest BCUT2D eigenvalue weighted by Gasteiger charge is -2.24. The molecule has 2 nitrogen and oxygen atoms in total. The smallest absolute Gasteiger partial charge is 0.131 e. The second-order valence-electron chi connectivity index (χ2n) is 3.22. The average Bonchev–Trinajstić information content (AvgIpc) is 2.19. The molecule has 0 spiro atoms. The Morgan fingerprint density at radius 2 is 1.93 bits per heavy atom. The zero-order valence-electron chi connectivity index (χ0n) is 8.00. The van der Waals surface area contributed by atoms with E-state index in [0.717, 1.165) is 0 Å². The summed E-state index contributed by atoms with van der Waals surface area (Å²) in [5.41, 5.74) is 0.0761. The second kappa shape index (κ2) is 5.39. The Hall–Kier alpha value is -0.710.